The molecule has 37 heavy (non-hydrogen) atoms. The first kappa shape index (κ1) is 23.0. The predicted octanol–water partition coefficient (Wildman–Crippen LogP) is 3.17. The van der Waals surface area contributed by atoms with Crippen molar-refractivity contribution in [2.45, 2.75) is 31.9 Å². The third-order valence-corrected chi connectivity index (χ3v) is 8.34. The van der Waals surface area contributed by atoms with Gasteiger partial charge in [-0.05, 0) is 54.9 Å². The summed E-state index contributed by atoms with van der Waals surface area (Å²) >= 11 is 0. The van der Waals surface area contributed by atoms with E-state index in [9.17, 15) is 4.79 Å². The minimum Gasteiger partial charge on any atom is -0.381 e. The van der Waals surface area contributed by atoms with Crippen molar-refractivity contribution in [3.8, 4) is 11.1 Å². The Labute approximate surface area is 215 Å². The summed E-state index contributed by atoms with van der Waals surface area (Å²) in [7, 11) is 1.77. The van der Waals surface area contributed by atoms with Gasteiger partial charge in [0, 0.05) is 63.1 Å². The molecule has 9 nitrogen and oxygen atoms in total. The number of hydrogen-bond acceptors (Lipinski definition) is 7. The van der Waals surface area contributed by atoms with Gasteiger partial charge in [0.05, 0.1) is 24.4 Å². The number of hydrogen-bond donors (Lipinski definition) is 0. The highest BCUT2D eigenvalue weighted by Gasteiger charge is 2.44. The average Bonchev–Trinajstić information content (AvgIpc) is 3.46. The van der Waals surface area contributed by atoms with Gasteiger partial charge >= 0.3 is 5.69 Å². The molecule has 4 aromatic rings. The van der Waals surface area contributed by atoms with Gasteiger partial charge in [0.25, 0.3) is 0 Å². The first-order valence-corrected chi connectivity index (χ1v) is 13.4. The summed E-state index contributed by atoms with van der Waals surface area (Å²) in [5.74, 6) is 1.92. The zero-order valence-corrected chi connectivity index (χ0v) is 21.2. The molecule has 0 amide bonds. The first-order chi connectivity index (χ1) is 18.2. The smallest absolute Gasteiger partial charge is 0.330 e. The SMILES string of the molecule is Cn1c(=O)n(C2CCOCC2)c2c3cc(-c4ccc(COCCN5CC6CC6C5)nc4)ccc3nnc21. The van der Waals surface area contributed by atoms with E-state index in [2.05, 4.69) is 32.2 Å². The van der Waals surface area contributed by atoms with E-state index < -0.39 is 0 Å². The van der Waals surface area contributed by atoms with E-state index in [0.717, 1.165) is 71.1 Å². The molecule has 7 rings (SSSR count). The number of nitrogens with zero attached hydrogens (tertiary/aromatic N) is 6. The number of rotatable bonds is 7. The van der Waals surface area contributed by atoms with E-state index in [1.165, 1.54) is 19.5 Å². The topological polar surface area (TPSA) is 87.3 Å². The van der Waals surface area contributed by atoms with E-state index >= 15 is 0 Å². The van der Waals surface area contributed by atoms with Crippen LogP contribution in [-0.2, 0) is 23.1 Å². The fourth-order valence-electron chi connectivity index (χ4n) is 6.08. The van der Waals surface area contributed by atoms with Crippen LogP contribution in [0.3, 0.4) is 0 Å². The molecule has 2 saturated heterocycles. The average molecular weight is 501 g/mol. The number of imidazole rings is 1. The Balaban J connectivity index is 1.13. The number of benzene rings is 1. The van der Waals surface area contributed by atoms with Crippen LogP contribution in [0.15, 0.2) is 41.3 Å². The molecular weight excluding hydrogens is 468 g/mol. The van der Waals surface area contributed by atoms with Crippen LogP contribution in [0.4, 0.5) is 0 Å². The van der Waals surface area contributed by atoms with Crippen LogP contribution in [0.5, 0.6) is 0 Å². The highest BCUT2D eigenvalue weighted by Crippen LogP contribution is 2.44. The molecule has 0 spiro atoms. The molecule has 2 atom stereocenters. The second-order valence-corrected chi connectivity index (χ2v) is 10.8. The maximum absolute atomic E-state index is 13.2. The summed E-state index contributed by atoms with van der Waals surface area (Å²) in [6, 6.07) is 10.3. The van der Waals surface area contributed by atoms with Gasteiger partial charge in [-0.1, -0.05) is 12.1 Å². The predicted molar refractivity (Wildman–Crippen MR) is 140 cm³/mol. The van der Waals surface area contributed by atoms with Gasteiger partial charge in [0.2, 0.25) is 0 Å². The summed E-state index contributed by atoms with van der Waals surface area (Å²) in [5.41, 5.74) is 5.15. The third-order valence-electron chi connectivity index (χ3n) is 8.34. The third kappa shape index (κ3) is 4.24. The minimum atomic E-state index is -0.0540. The molecule has 192 valence electrons. The highest BCUT2D eigenvalue weighted by molar-refractivity contribution is 6.02. The summed E-state index contributed by atoms with van der Waals surface area (Å²) in [6.07, 6.45) is 4.96. The second-order valence-electron chi connectivity index (χ2n) is 10.8. The van der Waals surface area contributed by atoms with Crippen LogP contribution >= 0.6 is 0 Å². The van der Waals surface area contributed by atoms with Crippen molar-refractivity contribution < 1.29 is 9.47 Å². The van der Waals surface area contributed by atoms with Crippen LogP contribution in [0.2, 0.25) is 0 Å². The Hall–Kier alpha value is -3.14. The summed E-state index contributed by atoms with van der Waals surface area (Å²) < 4.78 is 15.0. The van der Waals surface area contributed by atoms with Gasteiger partial charge < -0.3 is 14.4 Å². The lowest BCUT2D eigenvalue weighted by Crippen LogP contribution is -2.29. The molecule has 0 bridgehead atoms. The maximum atomic E-state index is 13.2. The number of likely N-dealkylation sites (tertiary alicyclic amines) is 1. The quantitative estimate of drug-likeness (QED) is 0.360. The molecule has 1 aliphatic carbocycles. The van der Waals surface area contributed by atoms with E-state index in [4.69, 9.17) is 9.47 Å². The standard InChI is InChI=1S/C28H32N6O3/c1-32-27-26(34(28(32)35)23-6-9-36-10-7-23)24-13-18(3-5-25(24)30-31-27)19-2-4-22(29-14-19)17-37-11-8-33-15-20-12-21(20)16-33/h2-5,13-14,20-21,23H,6-12,15-17H2,1H3. The molecule has 5 heterocycles. The van der Waals surface area contributed by atoms with E-state index in [1.54, 1.807) is 11.6 Å². The fraction of sp³-hybridized carbons (Fsp3) is 0.500. The number of ether oxygens (including phenoxy) is 2. The fourth-order valence-corrected chi connectivity index (χ4v) is 6.08. The lowest BCUT2D eigenvalue weighted by Gasteiger charge is -2.23. The van der Waals surface area contributed by atoms with Crippen LogP contribution in [0, 0.1) is 11.8 Å². The van der Waals surface area contributed by atoms with Crippen molar-refractivity contribution in [3.05, 3.63) is 52.7 Å². The molecule has 1 aromatic carbocycles. The molecular formula is C28H32N6O3. The van der Waals surface area contributed by atoms with Crippen molar-refractivity contribution in [2.24, 2.45) is 18.9 Å². The molecule has 2 aliphatic heterocycles. The summed E-state index contributed by atoms with van der Waals surface area (Å²) in [6.45, 7) is 6.11. The normalized spacial score (nSPS) is 22.2. The molecule has 2 unspecified atom stereocenters. The summed E-state index contributed by atoms with van der Waals surface area (Å²) in [4.78, 5) is 20.4. The van der Waals surface area contributed by atoms with Crippen molar-refractivity contribution in [1.82, 2.24) is 29.2 Å². The van der Waals surface area contributed by atoms with Crippen LogP contribution < -0.4 is 5.69 Å². The van der Waals surface area contributed by atoms with Crippen LogP contribution in [0.1, 0.15) is 31.0 Å². The van der Waals surface area contributed by atoms with Gasteiger partial charge in [-0.2, -0.15) is 0 Å². The Morgan fingerprint density at radius 2 is 1.86 bits per heavy atom. The molecule has 0 radical (unpaired) electrons. The van der Waals surface area contributed by atoms with Gasteiger partial charge in [-0.15, -0.1) is 10.2 Å². The maximum Gasteiger partial charge on any atom is 0.330 e. The zero-order valence-electron chi connectivity index (χ0n) is 21.2. The zero-order chi connectivity index (χ0) is 24.9. The van der Waals surface area contributed by atoms with Crippen molar-refractivity contribution in [2.75, 3.05) is 39.5 Å². The summed E-state index contributed by atoms with van der Waals surface area (Å²) in [5, 5.41) is 9.74. The second kappa shape index (κ2) is 9.31. The molecule has 1 saturated carbocycles. The van der Waals surface area contributed by atoms with E-state index in [0.29, 0.717) is 25.5 Å². The van der Waals surface area contributed by atoms with Gasteiger partial charge in [-0.3, -0.25) is 14.1 Å². The number of aryl methyl sites for hydroxylation is 1. The molecule has 3 aliphatic rings. The minimum absolute atomic E-state index is 0.0540. The van der Waals surface area contributed by atoms with Gasteiger partial charge in [-0.25, -0.2) is 4.79 Å². The Kier molecular flexibility index (Phi) is 5.79. The van der Waals surface area contributed by atoms with Crippen molar-refractivity contribution >= 4 is 22.1 Å². The molecule has 0 N–H and O–H groups in total. The monoisotopic (exact) mass is 500 g/mol. The Bertz CT molecular complexity index is 1490. The van der Waals surface area contributed by atoms with Crippen LogP contribution in [-0.4, -0.2) is 68.7 Å². The number of pyridine rings is 1. The highest BCUT2D eigenvalue weighted by atomic mass is 16.5. The van der Waals surface area contributed by atoms with E-state index in [1.807, 2.05) is 29.0 Å². The van der Waals surface area contributed by atoms with Gasteiger partial charge in [0.1, 0.15) is 5.52 Å². The Morgan fingerprint density at radius 1 is 1.05 bits per heavy atom. The number of fused-ring (bicyclic) bond motifs is 4. The van der Waals surface area contributed by atoms with Crippen molar-refractivity contribution in [3.63, 3.8) is 0 Å². The lowest BCUT2D eigenvalue weighted by atomic mass is 10.0. The number of piperidine rings is 1. The molecule has 3 aromatic heterocycles. The lowest BCUT2D eigenvalue weighted by molar-refractivity contribution is 0.0697. The number of aromatic nitrogens is 5. The Morgan fingerprint density at radius 3 is 2.65 bits per heavy atom. The molecule has 9 heteroatoms. The largest absolute Gasteiger partial charge is 0.381 e. The first-order valence-electron chi connectivity index (χ1n) is 13.4. The molecule has 3 fully saturated rings. The van der Waals surface area contributed by atoms with Crippen molar-refractivity contribution in [1.29, 1.82) is 0 Å². The van der Waals surface area contributed by atoms with E-state index in [-0.39, 0.29) is 11.7 Å². The van der Waals surface area contributed by atoms with Gasteiger partial charge in [0.15, 0.2) is 5.65 Å². The van der Waals surface area contributed by atoms with Crippen LogP contribution in [0.25, 0.3) is 33.2 Å².